The third kappa shape index (κ3) is 1.74. The smallest absolute Gasteiger partial charge is 0.192 e. The van der Waals surface area contributed by atoms with Gasteiger partial charge in [-0.1, -0.05) is 6.42 Å². The number of hydrogen-bond donors (Lipinski definition) is 0. The average Bonchev–Trinajstić information content (AvgIpc) is 3.06. The second-order valence-corrected chi connectivity index (χ2v) is 11.1. The molecule has 0 spiro atoms. The summed E-state index contributed by atoms with van der Waals surface area (Å²) < 4.78 is 40.5. The maximum atomic E-state index is 13.2. The van der Waals surface area contributed by atoms with Gasteiger partial charge in [-0.25, -0.2) is 8.42 Å². The summed E-state index contributed by atoms with van der Waals surface area (Å²) in [6, 6.07) is 3.73. The molecule has 1 aromatic carbocycles. The number of fused-ring (bicyclic) bond motifs is 9. The van der Waals surface area contributed by atoms with Gasteiger partial charge in [-0.05, 0) is 82.0 Å². The summed E-state index contributed by atoms with van der Waals surface area (Å²) in [5.74, 6) is 1.42. The Kier molecular flexibility index (Phi) is 3.16. The molecule has 4 nitrogen and oxygen atoms in total. The first kappa shape index (κ1) is 14.7. The number of halogens is 2. The molecule has 0 radical (unpaired) electrons. The molecule has 0 amide bonds. The zero-order valence-electron chi connectivity index (χ0n) is 11.5. The molecule has 1 aromatic rings. The maximum Gasteiger partial charge on any atom is 0.192 e. The van der Waals surface area contributed by atoms with E-state index in [1.54, 1.807) is 0 Å². The van der Waals surface area contributed by atoms with Crippen LogP contribution in [0, 0.1) is 19.0 Å². The van der Waals surface area contributed by atoms with Crippen LogP contribution in [0.4, 0.5) is 0 Å². The quantitative estimate of drug-likeness (QED) is 0.472. The monoisotopic (exact) mass is 544 g/mol. The molecule has 7 heteroatoms. The SMILES string of the molecule is O=S1(=O)c2c(I)cc(I)cc2OC2C3OC(C4CCCC43)C21. The summed E-state index contributed by atoms with van der Waals surface area (Å²) in [6.45, 7) is 0. The molecule has 6 unspecified atom stereocenters. The van der Waals surface area contributed by atoms with Gasteiger partial charge in [0.1, 0.15) is 22.0 Å². The number of hydrogen-bond acceptors (Lipinski definition) is 4. The Labute approximate surface area is 156 Å². The summed E-state index contributed by atoms with van der Waals surface area (Å²) in [7, 11) is -3.40. The minimum atomic E-state index is -3.40. The molecule has 2 bridgehead atoms. The fraction of sp³-hybridized carbons (Fsp3) is 0.600. The van der Waals surface area contributed by atoms with Gasteiger partial charge in [0.15, 0.2) is 9.84 Å². The summed E-state index contributed by atoms with van der Waals surface area (Å²) in [5.41, 5.74) is 0. The van der Waals surface area contributed by atoms with E-state index in [1.807, 2.05) is 12.1 Å². The van der Waals surface area contributed by atoms with Gasteiger partial charge < -0.3 is 9.47 Å². The van der Waals surface area contributed by atoms with Crippen LogP contribution < -0.4 is 4.74 Å². The first-order valence-electron chi connectivity index (χ1n) is 7.53. The Bertz CT molecular complexity index is 778. The first-order valence-corrected chi connectivity index (χ1v) is 11.2. The van der Waals surface area contributed by atoms with E-state index in [4.69, 9.17) is 9.47 Å². The molecule has 1 saturated carbocycles. The first-order chi connectivity index (χ1) is 10.5. The number of benzene rings is 1. The molecule has 0 aromatic heterocycles. The van der Waals surface area contributed by atoms with E-state index in [0.717, 1.165) is 20.0 Å². The van der Waals surface area contributed by atoms with Gasteiger partial charge in [-0.3, -0.25) is 0 Å². The van der Waals surface area contributed by atoms with Crippen molar-refractivity contribution in [3.05, 3.63) is 19.3 Å². The highest BCUT2D eigenvalue weighted by molar-refractivity contribution is 14.1. The molecule has 22 heavy (non-hydrogen) atoms. The number of rotatable bonds is 0. The lowest BCUT2D eigenvalue weighted by molar-refractivity contribution is 0.0397. The molecule has 3 aliphatic heterocycles. The van der Waals surface area contributed by atoms with E-state index in [9.17, 15) is 8.42 Å². The number of sulfone groups is 1. The van der Waals surface area contributed by atoms with Gasteiger partial charge >= 0.3 is 0 Å². The van der Waals surface area contributed by atoms with Crippen molar-refractivity contribution < 1.29 is 17.9 Å². The Hall–Kier alpha value is 0.390. The van der Waals surface area contributed by atoms with Gasteiger partial charge in [0, 0.05) is 7.14 Å². The van der Waals surface area contributed by atoms with Gasteiger partial charge in [0.2, 0.25) is 0 Å². The molecule has 118 valence electrons. The third-order valence-electron chi connectivity index (χ3n) is 5.63. The summed E-state index contributed by atoms with van der Waals surface area (Å²) in [4.78, 5) is 0.375. The predicted octanol–water partition coefficient (Wildman–Crippen LogP) is 3.00. The highest BCUT2D eigenvalue weighted by Gasteiger charge is 2.67. The minimum absolute atomic E-state index is 0.0408. The molecule has 6 atom stereocenters. The topological polar surface area (TPSA) is 52.6 Å². The van der Waals surface area contributed by atoms with Gasteiger partial charge in [-0.15, -0.1) is 0 Å². The van der Waals surface area contributed by atoms with Crippen LogP contribution in [-0.2, 0) is 14.6 Å². The average molecular weight is 544 g/mol. The number of ether oxygens (including phenoxy) is 2. The van der Waals surface area contributed by atoms with Crippen molar-refractivity contribution in [1.82, 2.24) is 0 Å². The van der Waals surface area contributed by atoms with E-state index < -0.39 is 15.1 Å². The minimum Gasteiger partial charge on any atom is -0.485 e. The molecule has 1 aliphatic carbocycles. The second kappa shape index (κ2) is 4.72. The summed E-state index contributed by atoms with van der Waals surface area (Å²) in [5, 5.41) is -0.516. The van der Waals surface area contributed by atoms with Crippen LogP contribution in [0.3, 0.4) is 0 Å². The Morgan fingerprint density at radius 1 is 1.05 bits per heavy atom. The Morgan fingerprint density at radius 3 is 2.55 bits per heavy atom. The standard InChI is InChI=1S/C15H14I2O4S/c16-6-4-9(17)14-10(5-6)20-13-11-7-2-1-3-8(7)12(21-11)15(13)22(14,18)19/h4-5,7-8,11-13,15H,1-3H2. The van der Waals surface area contributed by atoms with Crippen LogP contribution in [0.25, 0.3) is 0 Å². The molecule has 5 rings (SSSR count). The van der Waals surface area contributed by atoms with Gasteiger partial charge in [0.25, 0.3) is 0 Å². The van der Waals surface area contributed by atoms with Crippen molar-refractivity contribution in [3.63, 3.8) is 0 Å². The second-order valence-electron chi connectivity index (χ2n) is 6.63. The molecule has 3 fully saturated rings. The van der Waals surface area contributed by atoms with Crippen LogP contribution in [0.1, 0.15) is 19.3 Å². The normalized spacial score (nSPS) is 43.4. The lowest BCUT2D eigenvalue weighted by atomic mass is 9.80. The van der Waals surface area contributed by atoms with E-state index in [2.05, 4.69) is 45.2 Å². The van der Waals surface area contributed by atoms with Crippen molar-refractivity contribution in [2.45, 2.75) is 47.7 Å². The predicted molar refractivity (Wildman–Crippen MR) is 96.8 cm³/mol. The lowest BCUT2D eigenvalue weighted by Gasteiger charge is -2.38. The van der Waals surface area contributed by atoms with Crippen LogP contribution in [-0.4, -0.2) is 32.0 Å². The molecule has 3 heterocycles. The van der Waals surface area contributed by atoms with Crippen LogP contribution >= 0.6 is 45.2 Å². The highest BCUT2D eigenvalue weighted by atomic mass is 127. The van der Waals surface area contributed by atoms with E-state index >= 15 is 0 Å². The van der Waals surface area contributed by atoms with E-state index in [-0.39, 0.29) is 18.3 Å². The van der Waals surface area contributed by atoms with E-state index in [1.165, 1.54) is 6.42 Å². The summed E-state index contributed by atoms with van der Waals surface area (Å²) in [6.07, 6.45) is 2.90. The zero-order chi connectivity index (χ0) is 15.2. The van der Waals surface area contributed by atoms with Crippen LogP contribution in [0.2, 0.25) is 0 Å². The van der Waals surface area contributed by atoms with Crippen molar-refractivity contribution in [1.29, 1.82) is 0 Å². The maximum absolute atomic E-state index is 13.2. The van der Waals surface area contributed by atoms with Gasteiger partial charge in [0.05, 0.1) is 12.2 Å². The zero-order valence-corrected chi connectivity index (χ0v) is 16.7. The van der Waals surface area contributed by atoms with Crippen molar-refractivity contribution in [2.75, 3.05) is 0 Å². The Morgan fingerprint density at radius 2 is 1.77 bits per heavy atom. The molecule has 2 saturated heterocycles. The van der Waals surface area contributed by atoms with Crippen molar-refractivity contribution >= 4 is 55.0 Å². The van der Waals surface area contributed by atoms with Crippen LogP contribution in [0.5, 0.6) is 5.75 Å². The highest BCUT2D eigenvalue weighted by Crippen LogP contribution is 2.57. The molecular formula is C15H14I2O4S. The molecular weight excluding hydrogens is 530 g/mol. The molecule has 4 aliphatic rings. The summed E-state index contributed by atoms with van der Waals surface area (Å²) >= 11 is 4.31. The fourth-order valence-corrected chi connectivity index (χ4v) is 9.79. The Balaban J connectivity index is 1.69. The third-order valence-corrected chi connectivity index (χ3v) is 9.72. The van der Waals surface area contributed by atoms with Crippen molar-refractivity contribution in [2.24, 2.45) is 11.8 Å². The van der Waals surface area contributed by atoms with E-state index in [0.29, 0.717) is 22.5 Å². The van der Waals surface area contributed by atoms with Gasteiger partial charge in [-0.2, -0.15) is 0 Å². The van der Waals surface area contributed by atoms with Crippen molar-refractivity contribution in [3.8, 4) is 5.75 Å². The largest absolute Gasteiger partial charge is 0.485 e. The molecule has 0 N–H and O–H groups in total. The fourth-order valence-electron chi connectivity index (χ4n) is 4.90. The van der Waals surface area contributed by atoms with Crippen LogP contribution in [0.15, 0.2) is 17.0 Å². The lowest BCUT2D eigenvalue weighted by Crippen LogP contribution is -2.54.